The number of sulfone groups is 1. The van der Waals surface area contributed by atoms with Gasteiger partial charge in [0.2, 0.25) is 0 Å². The van der Waals surface area contributed by atoms with Crippen LogP contribution in [0.2, 0.25) is 5.02 Å². The fourth-order valence-electron chi connectivity index (χ4n) is 5.61. The molecule has 1 aliphatic carbocycles. The fraction of sp³-hybridized carbons (Fsp3) is 0.333. The molecule has 3 aromatic carbocycles. The molecule has 0 radical (unpaired) electrons. The van der Waals surface area contributed by atoms with Gasteiger partial charge in [0.15, 0.2) is 9.84 Å². The molecular weight excluding hydrogens is 539 g/mol. The van der Waals surface area contributed by atoms with Gasteiger partial charge in [-0.2, -0.15) is 0 Å². The number of hydrogen-bond acceptors (Lipinski definition) is 4. The maximum Gasteiger partial charge on any atom is 0.253 e. The van der Waals surface area contributed by atoms with Gasteiger partial charge in [-0.25, -0.2) is 12.8 Å². The van der Waals surface area contributed by atoms with Crippen LogP contribution in [0.5, 0.6) is 0 Å². The Balaban J connectivity index is 1.18. The summed E-state index contributed by atoms with van der Waals surface area (Å²) in [5.41, 5.74) is 2.76. The molecule has 2 amide bonds. The molecule has 3 aromatic rings. The number of amides is 2. The van der Waals surface area contributed by atoms with E-state index in [-0.39, 0.29) is 44.6 Å². The lowest BCUT2D eigenvalue weighted by molar-refractivity contribution is -0.00231. The van der Waals surface area contributed by atoms with Crippen LogP contribution in [-0.4, -0.2) is 50.5 Å². The lowest BCUT2D eigenvalue weighted by Crippen LogP contribution is -2.59. The van der Waals surface area contributed by atoms with Gasteiger partial charge in [0.1, 0.15) is 5.82 Å². The van der Waals surface area contributed by atoms with E-state index in [2.05, 4.69) is 5.32 Å². The predicted molar refractivity (Wildman–Crippen MR) is 148 cm³/mol. The van der Waals surface area contributed by atoms with Crippen LogP contribution in [-0.2, 0) is 16.3 Å². The number of piperidine rings is 1. The first kappa shape index (κ1) is 27.3. The summed E-state index contributed by atoms with van der Waals surface area (Å²) in [6, 6.07) is 18.1. The van der Waals surface area contributed by atoms with E-state index in [1.54, 1.807) is 12.1 Å². The molecule has 0 bridgehead atoms. The number of nitrogens with zero attached hydrogens (tertiary/aromatic N) is 1. The van der Waals surface area contributed by atoms with Crippen LogP contribution >= 0.6 is 11.6 Å². The lowest BCUT2D eigenvalue weighted by atomic mass is 9.59. The van der Waals surface area contributed by atoms with Gasteiger partial charge in [0.05, 0.1) is 15.5 Å². The molecular formula is C30H30ClFN2O4S. The Kier molecular flexibility index (Phi) is 7.53. The zero-order valence-corrected chi connectivity index (χ0v) is 23.2. The van der Waals surface area contributed by atoms with Crippen LogP contribution in [0, 0.1) is 11.2 Å². The standard InChI is InChI=1S/C30H30ClFN2O4S/c1-39(37,38)24-10-11-26(31)25(19-24)28(35)33-27-12-13-30(27)14-16-34(17-15-30)29(36)22-6-2-20(3-7-22)18-21-4-8-23(32)9-5-21/h2-11,19,27H,12-18H2,1H3,(H,33,35). The third-order valence-corrected chi connectivity index (χ3v) is 9.59. The van der Waals surface area contributed by atoms with Crippen molar-refractivity contribution >= 4 is 33.3 Å². The molecule has 9 heteroatoms. The molecule has 1 saturated heterocycles. The monoisotopic (exact) mass is 568 g/mol. The molecule has 6 nitrogen and oxygen atoms in total. The van der Waals surface area contributed by atoms with Gasteiger partial charge >= 0.3 is 0 Å². The average Bonchev–Trinajstić information content (AvgIpc) is 2.92. The van der Waals surface area contributed by atoms with Gasteiger partial charge in [-0.3, -0.25) is 9.59 Å². The summed E-state index contributed by atoms with van der Waals surface area (Å²) >= 11 is 6.22. The number of rotatable bonds is 6. The van der Waals surface area contributed by atoms with Gasteiger partial charge < -0.3 is 10.2 Å². The molecule has 1 spiro atoms. The van der Waals surface area contributed by atoms with Crippen molar-refractivity contribution in [3.05, 3.63) is 99.8 Å². The number of hydrogen-bond donors (Lipinski definition) is 1. The highest BCUT2D eigenvalue weighted by Gasteiger charge is 2.49. The van der Waals surface area contributed by atoms with Crippen molar-refractivity contribution in [2.75, 3.05) is 19.3 Å². The average molecular weight is 569 g/mol. The molecule has 5 rings (SSSR count). The minimum atomic E-state index is -3.47. The molecule has 204 valence electrons. The van der Waals surface area contributed by atoms with E-state index in [4.69, 9.17) is 11.6 Å². The van der Waals surface area contributed by atoms with Crippen molar-refractivity contribution in [3.8, 4) is 0 Å². The first-order valence-electron chi connectivity index (χ1n) is 13.0. The lowest BCUT2D eigenvalue weighted by Gasteiger charge is -2.54. The van der Waals surface area contributed by atoms with Crippen molar-refractivity contribution in [2.45, 2.75) is 43.0 Å². The minimum Gasteiger partial charge on any atom is -0.349 e. The predicted octanol–water partition coefficient (Wildman–Crippen LogP) is 5.29. The smallest absolute Gasteiger partial charge is 0.253 e. The molecule has 1 unspecified atom stereocenters. The maximum atomic E-state index is 13.2. The number of nitrogens with one attached hydrogen (secondary N) is 1. The van der Waals surface area contributed by atoms with Crippen LogP contribution in [0.3, 0.4) is 0 Å². The molecule has 2 fully saturated rings. The molecule has 1 N–H and O–H groups in total. The molecule has 1 heterocycles. The third kappa shape index (κ3) is 5.87. The summed E-state index contributed by atoms with van der Waals surface area (Å²) < 4.78 is 37.0. The highest BCUT2D eigenvalue weighted by molar-refractivity contribution is 7.90. The number of likely N-dealkylation sites (tertiary alicyclic amines) is 1. The Morgan fingerprint density at radius 1 is 0.974 bits per heavy atom. The van der Waals surface area contributed by atoms with E-state index in [0.717, 1.165) is 43.1 Å². The Labute approximate surface area is 233 Å². The van der Waals surface area contributed by atoms with Crippen molar-refractivity contribution < 1.29 is 22.4 Å². The second kappa shape index (κ2) is 10.7. The summed E-state index contributed by atoms with van der Waals surface area (Å²) in [5.74, 6) is -0.654. The Hall–Kier alpha value is -3.23. The molecule has 1 saturated carbocycles. The van der Waals surface area contributed by atoms with Crippen molar-refractivity contribution in [2.24, 2.45) is 5.41 Å². The van der Waals surface area contributed by atoms with Gasteiger partial charge in [-0.1, -0.05) is 35.9 Å². The first-order valence-corrected chi connectivity index (χ1v) is 15.2. The molecule has 39 heavy (non-hydrogen) atoms. The van der Waals surface area contributed by atoms with E-state index in [1.165, 1.54) is 30.3 Å². The zero-order chi connectivity index (χ0) is 27.8. The van der Waals surface area contributed by atoms with E-state index >= 15 is 0 Å². The first-order chi connectivity index (χ1) is 18.5. The van der Waals surface area contributed by atoms with Gasteiger partial charge in [0, 0.05) is 31.0 Å². The summed E-state index contributed by atoms with van der Waals surface area (Å²) in [7, 11) is -3.47. The minimum absolute atomic E-state index is 0.0116. The van der Waals surface area contributed by atoms with Crippen LogP contribution in [0.1, 0.15) is 57.5 Å². The Bertz CT molecular complexity index is 1500. The van der Waals surface area contributed by atoms with Crippen LogP contribution in [0.25, 0.3) is 0 Å². The van der Waals surface area contributed by atoms with Crippen LogP contribution in [0.15, 0.2) is 71.6 Å². The zero-order valence-electron chi connectivity index (χ0n) is 21.6. The summed E-state index contributed by atoms with van der Waals surface area (Å²) in [5, 5.41) is 3.28. The number of carbonyl (C=O) groups is 2. The highest BCUT2D eigenvalue weighted by Crippen LogP contribution is 2.49. The van der Waals surface area contributed by atoms with E-state index < -0.39 is 9.84 Å². The Morgan fingerprint density at radius 3 is 2.15 bits per heavy atom. The Morgan fingerprint density at radius 2 is 1.59 bits per heavy atom. The van der Waals surface area contributed by atoms with E-state index in [0.29, 0.717) is 25.1 Å². The molecule has 1 atom stereocenters. The largest absolute Gasteiger partial charge is 0.349 e. The normalized spacial score (nSPS) is 18.4. The van der Waals surface area contributed by atoms with Crippen LogP contribution in [0.4, 0.5) is 4.39 Å². The molecule has 0 aromatic heterocycles. The second-order valence-corrected chi connectivity index (χ2v) is 13.1. The highest BCUT2D eigenvalue weighted by atomic mass is 35.5. The van der Waals surface area contributed by atoms with Crippen LogP contribution < -0.4 is 5.32 Å². The SMILES string of the molecule is CS(=O)(=O)c1ccc(Cl)c(C(=O)NC2CCC23CCN(C(=O)c2ccc(Cc4ccc(F)cc4)cc2)CC3)c1. The van der Waals surface area contributed by atoms with Gasteiger partial charge in [-0.05, 0) is 91.1 Å². The van der Waals surface area contributed by atoms with Crippen molar-refractivity contribution in [1.29, 1.82) is 0 Å². The van der Waals surface area contributed by atoms with E-state index in [9.17, 15) is 22.4 Å². The summed E-state index contributed by atoms with van der Waals surface area (Å²) in [4.78, 5) is 28.1. The fourth-order valence-corrected chi connectivity index (χ4v) is 6.46. The van der Waals surface area contributed by atoms with Gasteiger partial charge in [0.25, 0.3) is 11.8 Å². The van der Waals surface area contributed by atoms with Crippen molar-refractivity contribution in [1.82, 2.24) is 10.2 Å². The third-order valence-electron chi connectivity index (χ3n) is 8.15. The quantitative estimate of drug-likeness (QED) is 0.438. The molecule has 1 aliphatic heterocycles. The molecule has 2 aliphatic rings. The maximum absolute atomic E-state index is 13.2. The van der Waals surface area contributed by atoms with E-state index in [1.807, 2.05) is 29.2 Å². The van der Waals surface area contributed by atoms with Crippen molar-refractivity contribution in [3.63, 3.8) is 0 Å². The second-order valence-electron chi connectivity index (χ2n) is 10.6. The topological polar surface area (TPSA) is 83.6 Å². The number of carbonyl (C=O) groups excluding carboxylic acids is 2. The number of halogens is 2. The summed E-state index contributed by atoms with van der Waals surface area (Å²) in [6.07, 6.45) is 5.12. The van der Waals surface area contributed by atoms with Gasteiger partial charge in [-0.15, -0.1) is 0 Å². The number of benzene rings is 3. The summed E-state index contributed by atoms with van der Waals surface area (Å²) in [6.45, 7) is 1.21.